The van der Waals surface area contributed by atoms with Crippen molar-refractivity contribution in [3.63, 3.8) is 0 Å². The summed E-state index contributed by atoms with van der Waals surface area (Å²) in [7, 11) is 0. The predicted octanol–water partition coefficient (Wildman–Crippen LogP) is 5.11. The molecule has 2 heterocycles. The molecule has 5 heteroatoms. The van der Waals surface area contributed by atoms with Crippen LogP contribution in [0.5, 0.6) is 0 Å². The zero-order valence-electron chi connectivity index (χ0n) is 16.4. The minimum Gasteiger partial charge on any atom is -0.333 e. The lowest BCUT2D eigenvalue weighted by Gasteiger charge is -2.23. The van der Waals surface area contributed by atoms with E-state index in [2.05, 4.69) is 12.1 Å². The summed E-state index contributed by atoms with van der Waals surface area (Å²) in [5.74, 6) is 0.144. The van der Waals surface area contributed by atoms with Gasteiger partial charge in [-0.1, -0.05) is 24.3 Å². The number of aromatic nitrogens is 1. The predicted molar refractivity (Wildman–Crippen MR) is 115 cm³/mol. The highest BCUT2D eigenvalue weighted by Gasteiger charge is 2.32. The smallest absolute Gasteiger partial charge is 0.223 e. The molecule has 29 heavy (non-hydrogen) atoms. The highest BCUT2D eigenvalue weighted by Crippen LogP contribution is 2.37. The third-order valence-corrected chi connectivity index (χ3v) is 7.29. The number of carbonyl (C=O) groups excluding carboxylic acids is 2. The summed E-state index contributed by atoms with van der Waals surface area (Å²) < 4.78 is 1.16. The maximum atomic E-state index is 12.9. The molecule has 0 radical (unpaired) electrons. The summed E-state index contributed by atoms with van der Waals surface area (Å²) in [5.41, 5.74) is 4.42. The van der Waals surface area contributed by atoms with Crippen LogP contribution in [0.15, 0.2) is 42.5 Å². The van der Waals surface area contributed by atoms with Gasteiger partial charge in [0, 0.05) is 24.9 Å². The van der Waals surface area contributed by atoms with Gasteiger partial charge in [-0.05, 0) is 61.4 Å². The van der Waals surface area contributed by atoms with E-state index in [9.17, 15) is 9.59 Å². The van der Waals surface area contributed by atoms with Crippen LogP contribution >= 0.6 is 11.3 Å². The third-order valence-electron chi connectivity index (χ3n) is 6.16. The molecule has 2 aromatic carbocycles. The first-order valence-electron chi connectivity index (χ1n) is 10.5. The van der Waals surface area contributed by atoms with Gasteiger partial charge in [-0.25, -0.2) is 4.98 Å². The van der Waals surface area contributed by atoms with Crippen molar-refractivity contribution in [2.24, 2.45) is 0 Å². The highest BCUT2D eigenvalue weighted by atomic mass is 32.1. The molecule has 0 bridgehead atoms. The molecule has 0 unspecified atom stereocenters. The second kappa shape index (κ2) is 7.71. The zero-order valence-corrected chi connectivity index (χ0v) is 17.2. The number of para-hydroxylation sites is 1. The standard InChI is InChI=1S/C24H24N2O2S/c27-21(18-11-10-16-5-3-6-17(16)15-18)12-13-23(28)26-14-4-8-20(26)24-25-19-7-1-2-9-22(19)29-24/h1-2,7,9-11,15,20H,3-6,8,12-14H2/t20-/m0/s1. The first-order valence-corrected chi connectivity index (χ1v) is 11.3. The number of fused-ring (bicyclic) bond motifs is 2. The van der Waals surface area contributed by atoms with Crippen LogP contribution in [0.4, 0.5) is 0 Å². The Bertz CT molecular complexity index is 1050. The number of hydrogen-bond donors (Lipinski definition) is 0. The van der Waals surface area contributed by atoms with E-state index in [-0.39, 0.29) is 30.6 Å². The van der Waals surface area contributed by atoms with Crippen molar-refractivity contribution in [1.82, 2.24) is 9.88 Å². The Balaban J connectivity index is 1.25. The Kier molecular flexibility index (Phi) is 4.92. The van der Waals surface area contributed by atoms with Gasteiger partial charge < -0.3 is 4.90 Å². The average Bonchev–Trinajstić information content (AvgIpc) is 3.49. The molecule has 1 aliphatic heterocycles. The Labute approximate surface area is 174 Å². The van der Waals surface area contributed by atoms with Crippen LogP contribution in [0.3, 0.4) is 0 Å². The molecule has 0 N–H and O–H groups in total. The molecule has 1 atom stereocenters. The molecule has 0 spiro atoms. The second-order valence-electron chi connectivity index (χ2n) is 8.03. The summed E-state index contributed by atoms with van der Waals surface area (Å²) >= 11 is 1.68. The first kappa shape index (κ1) is 18.5. The highest BCUT2D eigenvalue weighted by molar-refractivity contribution is 7.18. The van der Waals surface area contributed by atoms with Crippen LogP contribution in [0, 0.1) is 0 Å². The fourth-order valence-corrected chi connectivity index (χ4v) is 5.72. The van der Waals surface area contributed by atoms with Gasteiger partial charge in [-0.2, -0.15) is 0 Å². The van der Waals surface area contributed by atoms with E-state index >= 15 is 0 Å². The van der Waals surface area contributed by atoms with Gasteiger partial charge in [0.15, 0.2) is 5.78 Å². The fourth-order valence-electron chi connectivity index (χ4n) is 4.61. The lowest BCUT2D eigenvalue weighted by Crippen LogP contribution is -2.30. The lowest BCUT2D eigenvalue weighted by molar-refractivity contribution is -0.132. The van der Waals surface area contributed by atoms with E-state index < -0.39 is 0 Å². The minimum absolute atomic E-state index is 0.0509. The van der Waals surface area contributed by atoms with Crippen LogP contribution in [0.2, 0.25) is 0 Å². The summed E-state index contributed by atoms with van der Waals surface area (Å²) in [6.45, 7) is 0.756. The zero-order chi connectivity index (χ0) is 19.8. The van der Waals surface area contributed by atoms with Gasteiger partial charge >= 0.3 is 0 Å². The Morgan fingerprint density at radius 1 is 1.03 bits per heavy atom. The topological polar surface area (TPSA) is 50.3 Å². The summed E-state index contributed by atoms with van der Waals surface area (Å²) in [6.07, 6.45) is 5.85. The fraction of sp³-hybridized carbons (Fsp3) is 0.375. The van der Waals surface area contributed by atoms with Crippen LogP contribution < -0.4 is 0 Å². The largest absolute Gasteiger partial charge is 0.333 e. The number of amides is 1. The van der Waals surface area contributed by atoms with E-state index in [0.717, 1.165) is 53.0 Å². The first-order chi connectivity index (χ1) is 14.2. The molecule has 1 aliphatic carbocycles. The van der Waals surface area contributed by atoms with E-state index in [4.69, 9.17) is 4.98 Å². The van der Waals surface area contributed by atoms with Gasteiger partial charge in [-0.3, -0.25) is 9.59 Å². The Hall–Kier alpha value is -2.53. The molecule has 1 saturated heterocycles. The number of aryl methyl sites for hydroxylation is 2. The molecule has 1 amide bonds. The molecule has 0 saturated carbocycles. The van der Waals surface area contributed by atoms with E-state index in [0.29, 0.717) is 0 Å². The van der Waals surface area contributed by atoms with E-state index in [1.807, 2.05) is 35.2 Å². The number of likely N-dealkylation sites (tertiary alicyclic amines) is 1. The molecule has 148 valence electrons. The van der Waals surface area contributed by atoms with E-state index in [1.54, 1.807) is 11.3 Å². The van der Waals surface area contributed by atoms with Gasteiger partial charge in [0.2, 0.25) is 5.91 Å². The molecule has 4 nitrogen and oxygen atoms in total. The minimum atomic E-state index is 0.0509. The maximum Gasteiger partial charge on any atom is 0.223 e. The van der Waals surface area contributed by atoms with Gasteiger partial charge in [-0.15, -0.1) is 11.3 Å². The quantitative estimate of drug-likeness (QED) is 0.555. The van der Waals surface area contributed by atoms with E-state index in [1.165, 1.54) is 17.5 Å². The Morgan fingerprint density at radius 2 is 1.90 bits per heavy atom. The molecule has 2 aliphatic rings. The third kappa shape index (κ3) is 3.60. The monoisotopic (exact) mass is 404 g/mol. The number of nitrogens with zero attached hydrogens (tertiary/aromatic N) is 2. The maximum absolute atomic E-state index is 12.9. The van der Waals surface area contributed by atoms with Crippen LogP contribution in [-0.2, 0) is 17.6 Å². The van der Waals surface area contributed by atoms with Crippen LogP contribution in [-0.4, -0.2) is 28.1 Å². The molecular formula is C24H24N2O2S. The Morgan fingerprint density at radius 3 is 2.79 bits per heavy atom. The molecule has 1 fully saturated rings. The molecule has 5 rings (SSSR count). The summed E-state index contributed by atoms with van der Waals surface area (Å²) in [5, 5.41) is 1.02. The number of carbonyl (C=O) groups is 2. The lowest BCUT2D eigenvalue weighted by atomic mass is 10.0. The number of hydrogen-bond acceptors (Lipinski definition) is 4. The number of thiazole rings is 1. The van der Waals surface area contributed by atoms with Crippen molar-refractivity contribution in [3.05, 3.63) is 64.2 Å². The summed E-state index contributed by atoms with van der Waals surface area (Å²) in [4.78, 5) is 32.3. The van der Waals surface area contributed by atoms with Crippen molar-refractivity contribution in [2.45, 2.75) is 51.0 Å². The van der Waals surface area contributed by atoms with Crippen molar-refractivity contribution >= 4 is 33.2 Å². The SMILES string of the molecule is O=C(CCC(=O)N1CCC[C@H]1c1nc2ccccc2s1)c1ccc2c(c1)CCC2. The van der Waals surface area contributed by atoms with Crippen molar-refractivity contribution in [1.29, 1.82) is 0 Å². The summed E-state index contributed by atoms with van der Waals surface area (Å²) in [6, 6.07) is 14.2. The average molecular weight is 405 g/mol. The molecule has 3 aromatic rings. The number of ketones is 1. The van der Waals surface area contributed by atoms with Gasteiger partial charge in [0.1, 0.15) is 5.01 Å². The van der Waals surface area contributed by atoms with Gasteiger partial charge in [0.05, 0.1) is 16.3 Å². The van der Waals surface area contributed by atoms with Gasteiger partial charge in [0.25, 0.3) is 0 Å². The van der Waals surface area contributed by atoms with Crippen LogP contribution in [0.1, 0.15) is 64.6 Å². The molecular weight excluding hydrogens is 380 g/mol. The number of benzene rings is 2. The van der Waals surface area contributed by atoms with Crippen LogP contribution in [0.25, 0.3) is 10.2 Å². The number of rotatable bonds is 5. The van der Waals surface area contributed by atoms with Crippen molar-refractivity contribution < 1.29 is 9.59 Å². The van der Waals surface area contributed by atoms with Crippen molar-refractivity contribution in [3.8, 4) is 0 Å². The second-order valence-corrected chi connectivity index (χ2v) is 9.09. The normalized spacial score (nSPS) is 18.3. The van der Waals surface area contributed by atoms with Crippen molar-refractivity contribution in [2.75, 3.05) is 6.54 Å². The molecule has 1 aromatic heterocycles. The number of Topliss-reactive ketones (excluding diaryl/α,β-unsaturated/α-hetero) is 1.